The molecule has 120 valence electrons. The minimum absolute atomic E-state index is 0.152. The molecule has 23 heavy (non-hydrogen) atoms. The molecule has 3 rings (SSSR count). The Kier molecular flexibility index (Phi) is 4.25. The van der Waals surface area contributed by atoms with Gasteiger partial charge >= 0.3 is 0 Å². The van der Waals surface area contributed by atoms with Gasteiger partial charge in [-0.05, 0) is 42.8 Å². The zero-order chi connectivity index (χ0) is 16.4. The van der Waals surface area contributed by atoms with Gasteiger partial charge in [0.1, 0.15) is 11.5 Å². The molecule has 1 atom stereocenters. The van der Waals surface area contributed by atoms with Gasteiger partial charge in [-0.25, -0.2) is 8.78 Å². The van der Waals surface area contributed by atoms with Crippen molar-refractivity contribution < 1.29 is 23.4 Å². The zero-order valence-electron chi connectivity index (χ0n) is 12.2. The van der Waals surface area contributed by atoms with Crippen molar-refractivity contribution >= 4 is 5.91 Å². The van der Waals surface area contributed by atoms with E-state index in [1.165, 1.54) is 6.07 Å². The molecule has 6 heteroatoms. The monoisotopic (exact) mass is 319 g/mol. The standard InChI is InChI=1S/C17H15F2NO3/c18-15-6-5-14(9-16(15)19)23-13-3-1-11(2-4-13)17(22)20-8-7-12(21)10-20/h1-6,9,12,21H,7-8,10H2/t12-/m1/s1. The molecule has 2 aromatic rings. The Hall–Kier alpha value is -2.47. The number of carbonyl (C=O) groups excluding carboxylic acids is 1. The molecule has 0 saturated carbocycles. The number of rotatable bonds is 3. The lowest BCUT2D eigenvalue weighted by Crippen LogP contribution is -2.29. The number of aliphatic hydroxyl groups excluding tert-OH is 1. The maximum absolute atomic E-state index is 13.1. The quantitative estimate of drug-likeness (QED) is 0.946. The molecular weight excluding hydrogens is 304 g/mol. The minimum atomic E-state index is -0.984. The lowest BCUT2D eigenvalue weighted by Gasteiger charge is -2.15. The van der Waals surface area contributed by atoms with E-state index < -0.39 is 17.7 Å². The summed E-state index contributed by atoms with van der Waals surface area (Å²) in [7, 11) is 0. The second-order valence-corrected chi connectivity index (χ2v) is 5.40. The summed E-state index contributed by atoms with van der Waals surface area (Å²) in [4.78, 5) is 13.8. The lowest BCUT2D eigenvalue weighted by molar-refractivity contribution is 0.0765. The Balaban J connectivity index is 1.69. The number of likely N-dealkylation sites (tertiary alicyclic amines) is 1. The first-order chi connectivity index (χ1) is 11.0. The molecule has 0 radical (unpaired) electrons. The van der Waals surface area contributed by atoms with Crippen LogP contribution in [0.25, 0.3) is 0 Å². The topological polar surface area (TPSA) is 49.8 Å². The van der Waals surface area contributed by atoms with Crippen molar-refractivity contribution in [2.75, 3.05) is 13.1 Å². The first-order valence-electron chi connectivity index (χ1n) is 7.23. The van der Waals surface area contributed by atoms with Gasteiger partial charge in [-0.2, -0.15) is 0 Å². The van der Waals surface area contributed by atoms with E-state index in [1.54, 1.807) is 29.2 Å². The highest BCUT2D eigenvalue weighted by Crippen LogP contribution is 2.24. The lowest BCUT2D eigenvalue weighted by atomic mass is 10.2. The van der Waals surface area contributed by atoms with Crippen molar-refractivity contribution in [3.05, 3.63) is 59.7 Å². The fourth-order valence-electron chi connectivity index (χ4n) is 2.45. The van der Waals surface area contributed by atoms with Gasteiger partial charge in [0.05, 0.1) is 6.10 Å². The second kappa shape index (κ2) is 6.34. The Labute approximate surface area is 131 Å². The number of nitrogens with zero attached hydrogens (tertiary/aromatic N) is 1. The number of aliphatic hydroxyl groups is 1. The van der Waals surface area contributed by atoms with E-state index in [4.69, 9.17) is 4.74 Å². The number of ether oxygens (including phenoxy) is 1. The third kappa shape index (κ3) is 3.48. The van der Waals surface area contributed by atoms with Crippen LogP contribution in [0.4, 0.5) is 8.78 Å². The Morgan fingerprint density at radius 1 is 1.09 bits per heavy atom. The summed E-state index contributed by atoms with van der Waals surface area (Å²) in [6.07, 6.45) is 0.123. The average molecular weight is 319 g/mol. The van der Waals surface area contributed by atoms with Gasteiger partial charge in [0.2, 0.25) is 0 Å². The molecule has 0 aromatic heterocycles. The molecule has 0 unspecified atom stereocenters. The van der Waals surface area contributed by atoms with E-state index in [1.807, 2.05) is 0 Å². The number of β-amino-alcohol motifs (C(OH)–C–C–N with tert-alkyl or cyclic N) is 1. The highest BCUT2D eigenvalue weighted by Gasteiger charge is 2.25. The predicted octanol–water partition coefficient (Wildman–Crippen LogP) is 2.96. The average Bonchev–Trinajstić information content (AvgIpc) is 2.97. The number of benzene rings is 2. The fourth-order valence-corrected chi connectivity index (χ4v) is 2.45. The highest BCUT2D eigenvalue weighted by atomic mass is 19.2. The fraction of sp³-hybridized carbons (Fsp3) is 0.235. The van der Waals surface area contributed by atoms with Crippen LogP contribution in [0.3, 0.4) is 0 Å². The van der Waals surface area contributed by atoms with Gasteiger partial charge in [-0.1, -0.05) is 0 Å². The largest absolute Gasteiger partial charge is 0.457 e. The van der Waals surface area contributed by atoms with Gasteiger partial charge in [0.15, 0.2) is 11.6 Å². The van der Waals surface area contributed by atoms with Crippen molar-refractivity contribution in [2.24, 2.45) is 0 Å². The summed E-state index contributed by atoms with van der Waals surface area (Å²) in [6, 6.07) is 9.64. The van der Waals surface area contributed by atoms with Crippen LogP contribution in [0.15, 0.2) is 42.5 Å². The highest BCUT2D eigenvalue weighted by molar-refractivity contribution is 5.94. The Morgan fingerprint density at radius 3 is 2.39 bits per heavy atom. The molecule has 4 nitrogen and oxygen atoms in total. The van der Waals surface area contributed by atoms with Gasteiger partial charge in [0.25, 0.3) is 5.91 Å². The minimum Gasteiger partial charge on any atom is -0.457 e. The smallest absolute Gasteiger partial charge is 0.253 e. The summed E-state index contributed by atoms with van der Waals surface area (Å²) in [6.45, 7) is 0.874. The number of carbonyl (C=O) groups is 1. The van der Waals surface area contributed by atoms with Crippen molar-refractivity contribution in [1.82, 2.24) is 4.90 Å². The first kappa shape index (κ1) is 15.4. The third-order valence-corrected chi connectivity index (χ3v) is 3.68. The Morgan fingerprint density at radius 2 is 1.78 bits per heavy atom. The molecule has 0 aliphatic carbocycles. The van der Waals surface area contributed by atoms with Crippen molar-refractivity contribution in [3.8, 4) is 11.5 Å². The van der Waals surface area contributed by atoms with E-state index in [0.717, 1.165) is 12.1 Å². The van der Waals surface area contributed by atoms with Crippen LogP contribution < -0.4 is 4.74 Å². The van der Waals surface area contributed by atoms with Crippen LogP contribution in [0.5, 0.6) is 11.5 Å². The van der Waals surface area contributed by atoms with E-state index >= 15 is 0 Å². The van der Waals surface area contributed by atoms with E-state index in [9.17, 15) is 18.7 Å². The van der Waals surface area contributed by atoms with Crippen LogP contribution in [0, 0.1) is 11.6 Å². The molecule has 1 fully saturated rings. The number of hydrogen-bond acceptors (Lipinski definition) is 3. The van der Waals surface area contributed by atoms with Gasteiger partial charge in [0, 0.05) is 24.7 Å². The Bertz CT molecular complexity index is 718. The van der Waals surface area contributed by atoms with Crippen LogP contribution >= 0.6 is 0 Å². The van der Waals surface area contributed by atoms with Crippen LogP contribution in [-0.2, 0) is 0 Å². The molecule has 1 aliphatic heterocycles. The molecule has 1 N–H and O–H groups in total. The molecule has 1 heterocycles. The first-order valence-corrected chi connectivity index (χ1v) is 7.23. The summed E-state index contributed by atoms with van der Waals surface area (Å²) in [5.41, 5.74) is 0.483. The maximum atomic E-state index is 13.1. The number of halogens is 2. The zero-order valence-corrected chi connectivity index (χ0v) is 12.2. The molecule has 0 bridgehead atoms. The van der Waals surface area contributed by atoms with E-state index in [0.29, 0.717) is 30.8 Å². The van der Waals surface area contributed by atoms with E-state index in [2.05, 4.69) is 0 Å². The molecular formula is C17H15F2NO3. The van der Waals surface area contributed by atoms with Crippen LogP contribution in [0.1, 0.15) is 16.8 Å². The van der Waals surface area contributed by atoms with Crippen molar-refractivity contribution in [1.29, 1.82) is 0 Å². The molecule has 1 saturated heterocycles. The molecule has 0 spiro atoms. The normalized spacial score (nSPS) is 17.3. The van der Waals surface area contributed by atoms with E-state index in [-0.39, 0.29) is 11.7 Å². The second-order valence-electron chi connectivity index (χ2n) is 5.40. The summed E-state index contributed by atoms with van der Waals surface area (Å²) >= 11 is 0. The predicted molar refractivity (Wildman–Crippen MR) is 79.4 cm³/mol. The molecule has 2 aromatic carbocycles. The number of amides is 1. The summed E-state index contributed by atoms with van der Waals surface area (Å²) in [5.74, 6) is -1.49. The van der Waals surface area contributed by atoms with Gasteiger partial charge < -0.3 is 14.7 Å². The van der Waals surface area contributed by atoms with Crippen LogP contribution in [0.2, 0.25) is 0 Å². The maximum Gasteiger partial charge on any atom is 0.253 e. The summed E-state index contributed by atoms with van der Waals surface area (Å²) < 4.78 is 31.4. The van der Waals surface area contributed by atoms with Gasteiger partial charge in [-0.15, -0.1) is 0 Å². The molecule has 1 amide bonds. The number of hydrogen-bond donors (Lipinski definition) is 1. The van der Waals surface area contributed by atoms with Crippen LogP contribution in [-0.4, -0.2) is 35.1 Å². The molecule has 1 aliphatic rings. The summed E-state index contributed by atoms with van der Waals surface area (Å²) in [5, 5.41) is 9.47. The third-order valence-electron chi connectivity index (χ3n) is 3.68. The van der Waals surface area contributed by atoms with Crippen molar-refractivity contribution in [2.45, 2.75) is 12.5 Å². The SMILES string of the molecule is O=C(c1ccc(Oc2ccc(F)c(F)c2)cc1)N1CC[C@@H](O)C1. The van der Waals surface area contributed by atoms with Crippen molar-refractivity contribution in [3.63, 3.8) is 0 Å². The van der Waals surface area contributed by atoms with Gasteiger partial charge in [-0.3, -0.25) is 4.79 Å².